The van der Waals surface area contributed by atoms with Gasteiger partial charge in [-0.25, -0.2) is 4.39 Å². The average Bonchev–Trinajstić information content (AvgIpc) is 3.27. The molecular weight excluding hydrogens is 419 g/mol. The zero-order valence-electron chi connectivity index (χ0n) is 18.6. The Kier molecular flexibility index (Phi) is 4.58. The van der Waals surface area contributed by atoms with Crippen LogP contribution in [0, 0.1) is 12.7 Å². The SMILES string of the molecule is Cc1cccc(F)c1-n1nc2c(-c3cccc(N4CC5CCC(C4)N5C)c3)n[nH]c2cc1=O. The van der Waals surface area contributed by atoms with Crippen LogP contribution in [0.4, 0.5) is 10.1 Å². The van der Waals surface area contributed by atoms with Crippen molar-refractivity contribution in [1.29, 1.82) is 0 Å². The molecule has 4 aromatic rings. The van der Waals surface area contributed by atoms with Gasteiger partial charge in [0.25, 0.3) is 5.56 Å². The summed E-state index contributed by atoms with van der Waals surface area (Å²) >= 11 is 0. The number of halogens is 1. The summed E-state index contributed by atoms with van der Waals surface area (Å²) in [6.07, 6.45) is 2.50. The van der Waals surface area contributed by atoms with Crippen LogP contribution in [0.5, 0.6) is 0 Å². The molecular formula is C25H25FN6O. The first-order valence-electron chi connectivity index (χ1n) is 11.3. The molecule has 1 N–H and O–H groups in total. The van der Waals surface area contributed by atoms with Gasteiger partial charge in [0.05, 0.1) is 5.52 Å². The van der Waals surface area contributed by atoms with Gasteiger partial charge in [-0.3, -0.25) is 14.8 Å². The molecule has 0 saturated carbocycles. The second-order valence-corrected chi connectivity index (χ2v) is 9.14. The van der Waals surface area contributed by atoms with Gasteiger partial charge in [-0.15, -0.1) is 0 Å². The van der Waals surface area contributed by atoms with Crippen molar-refractivity contribution in [2.75, 3.05) is 25.0 Å². The number of nitrogens with one attached hydrogen (secondary N) is 1. The summed E-state index contributed by atoms with van der Waals surface area (Å²) in [5.41, 5.74) is 4.18. The maximum absolute atomic E-state index is 14.6. The van der Waals surface area contributed by atoms with Crippen molar-refractivity contribution in [3.05, 3.63) is 70.3 Å². The molecule has 2 aliphatic rings. The highest BCUT2D eigenvalue weighted by Crippen LogP contribution is 2.33. The highest BCUT2D eigenvalue weighted by atomic mass is 19.1. The van der Waals surface area contributed by atoms with Crippen LogP contribution in [-0.2, 0) is 0 Å². The van der Waals surface area contributed by atoms with E-state index in [1.807, 2.05) is 12.1 Å². The van der Waals surface area contributed by atoms with E-state index in [4.69, 9.17) is 0 Å². The van der Waals surface area contributed by atoms with Crippen molar-refractivity contribution in [3.8, 4) is 16.9 Å². The Labute approximate surface area is 190 Å². The topological polar surface area (TPSA) is 70.1 Å². The fourth-order valence-electron chi connectivity index (χ4n) is 5.31. The molecule has 2 fully saturated rings. The van der Waals surface area contributed by atoms with Gasteiger partial charge < -0.3 is 4.90 Å². The number of rotatable bonds is 3. The maximum atomic E-state index is 14.6. The van der Waals surface area contributed by atoms with Crippen molar-refractivity contribution in [2.24, 2.45) is 0 Å². The fourth-order valence-corrected chi connectivity index (χ4v) is 5.31. The lowest BCUT2D eigenvalue weighted by Gasteiger charge is -2.40. The Balaban J connectivity index is 1.43. The van der Waals surface area contributed by atoms with Gasteiger partial charge in [0.1, 0.15) is 22.7 Å². The van der Waals surface area contributed by atoms with Crippen LogP contribution in [0.2, 0.25) is 0 Å². The normalized spacial score (nSPS) is 20.6. The molecule has 2 atom stereocenters. The highest BCUT2D eigenvalue weighted by molar-refractivity contribution is 5.89. The molecule has 2 aromatic heterocycles. The molecule has 0 amide bonds. The van der Waals surface area contributed by atoms with Crippen LogP contribution in [0.1, 0.15) is 18.4 Å². The number of aromatic nitrogens is 4. The Bertz CT molecular complexity index is 1390. The van der Waals surface area contributed by atoms with E-state index in [1.54, 1.807) is 19.1 Å². The van der Waals surface area contributed by atoms with Gasteiger partial charge in [-0.2, -0.15) is 14.9 Å². The quantitative estimate of drug-likeness (QED) is 0.524. The molecule has 2 bridgehead atoms. The second kappa shape index (κ2) is 7.52. The van der Waals surface area contributed by atoms with E-state index in [-0.39, 0.29) is 5.69 Å². The summed E-state index contributed by atoms with van der Waals surface area (Å²) < 4.78 is 15.7. The van der Waals surface area contributed by atoms with Crippen LogP contribution in [0.3, 0.4) is 0 Å². The Morgan fingerprint density at radius 2 is 1.82 bits per heavy atom. The summed E-state index contributed by atoms with van der Waals surface area (Å²) in [6.45, 7) is 3.80. The number of fused-ring (bicyclic) bond motifs is 3. The molecule has 7 nitrogen and oxygen atoms in total. The molecule has 0 aliphatic carbocycles. The number of H-pyrrole nitrogens is 1. The van der Waals surface area contributed by atoms with Gasteiger partial charge in [-0.1, -0.05) is 24.3 Å². The summed E-state index contributed by atoms with van der Waals surface area (Å²) in [7, 11) is 2.23. The number of likely N-dealkylation sites (N-methyl/N-ethyl adjacent to an activating group) is 1. The summed E-state index contributed by atoms with van der Waals surface area (Å²) in [5, 5.41) is 11.9. The van der Waals surface area contributed by atoms with E-state index >= 15 is 0 Å². The number of aryl methyl sites for hydroxylation is 1. The number of hydrogen-bond donors (Lipinski definition) is 1. The second-order valence-electron chi connectivity index (χ2n) is 9.14. The molecule has 2 saturated heterocycles. The van der Waals surface area contributed by atoms with Crippen molar-refractivity contribution >= 4 is 16.7 Å². The number of aromatic amines is 1. The van der Waals surface area contributed by atoms with Gasteiger partial charge in [0.15, 0.2) is 0 Å². The summed E-state index contributed by atoms with van der Waals surface area (Å²) in [5.74, 6) is -0.485. The molecule has 2 aliphatic heterocycles. The van der Waals surface area contributed by atoms with Gasteiger partial charge in [-0.05, 0) is 50.6 Å². The third-order valence-corrected chi connectivity index (χ3v) is 7.18. The van der Waals surface area contributed by atoms with Gasteiger partial charge >= 0.3 is 0 Å². The summed E-state index contributed by atoms with van der Waals surface area (Å²) in [6, 6.07) is 15.6. The highest BCUT2D eigenvalue weighted by Gasteiger charge is 2.37. The van der Waals surface area contributed by atoms with E-state index < -0.39 is 11.4 Å². The first-order valence-corrected chi connectivity index (χ1v) is 11.3. The molecule has 2 unspecified atom stereocenters. The Morgan fingerprint density at radius 3 is 2.58 bits per heavy atom. The smallest absolute Gasteiger partial charge is 0.273 e. The molecule has 33 heavy (non-hydrogen) atoms. The van der Waals surface area contributed by atoms with E-state index in [9.17, 15) is 9.18 Å². The van der Waals surface area contributed by atoms with Crippen LogP contribution in [0.25, 0.3) is 28.0 Å². The largest absolute Gasteiger partial charge is 0.368 e. The number of piperazine rings is 1. The summed E-state index contributed by atoms with van der Waals surface area (Å²) in [4.78, 5) is 17.7. The molecule has 168 valence electrons. The molecule has 8 heteroatoms. The number of nitrogens with zero attached hydrogens (tertiary/aromatic N) is 5. The standard InChI is InChI=1S/C25H25FN6O/c1-15-5-3-8-20(26)25(15)32-22(33)12-21-24(29-32)23(28-27-21)16-6-4-7-17(11-16)31-13-18-9-10-19(14-31)30(18)2/h3-8,11-12,18-19,27H,9-10,13-14H2,1-2H3. The predicted octanol–water partition coefficient (Wildman–Crippen LogP) is 3.51. The minimum Gasteiger partial charge on any atom is -0.368 e. The Morgan fingerprint density at radius 1 is 1.06 bits per heavy atom. The van der Waals surface area contributed by atoms with Crippen LogP contribution in [0.15, 0.2) is 53.3 Å². The van der Waals surface area contributed by atoms with Crippen molar-refractivity contribution < 1.29 is 4.39 Å². The van der Waals surface area contributed by atoms with Gasteiger partial charge in [0.2, 0.25) is 0 Å². The predicted molar refractivity (Wildman–Crippen MR) is 126 cm³/mol. The third-order valence-electron chi connectivity index (χ3n) is 7.18. The molecule has 2 aromatic carbocycles. The van der Waals surface area contributed by atoms with Crippen molar-refractivity contribution in [3.63, 3.8) is 0 Å². The minimum absolute atomic E-state index is 0.165. The zero-order valence-corrected chi connectivity index (χ0v) is 18.6. The van der Waals surface area contributed by atoms with E-state index in [2.05, 4.69) is 44.3 Å². The van der Waals surface area contributed by atoms with Crippen LogP contribution < -0.4 is 10.5 Å². The molecule has 0 spiro atoms. The van der Waals surface area contributed by atoms with E-state index in [1.165, 1.54) is 25.0 Å². The number of hydrogen-bond acceptors (Lipinski definition) is 5. The Hall–Kier alpha value is -3.52. The lowest BCUT2D eigenvalue weighted by atomic mass is 10.1. The number of anilines is 1. The average molecular weight is 445 g/mol. The van der Waals surface area contributed by atoms with Gasteiger partial charge in [0, 0.05) is 42.5 Å². The first kappa shape index (κ1) is 20.1. The van der Waals surface area contributed by atoms with Crippen LogP contribution in [-0.4, -0.2) is 57.1 Å². The van der Waals surface area contributed by atoms with Crippen molar-refractivity contribution in [2.45, 2.75) is 31.8 Å². The maximum Gasteiger partial charge on any atom is 0.273 e. The lowest BCUT2D eigenvalue weighted by Crippen LogP contribution is -2.52. The zero-order chi connectivity index (χ0) is 22.7. The lowest BCUT2D eigenvalue weighted by molar-refractivity contribution is 0.212. The molecule has 0 radical (unpaired) electrons. The van der Waals surface area contributed by atoms with E-state index in [0.29, 0.717) is 34.4 Å². The van der Waals surface area contributed by atoms with Crippen molar-refractivity contribution in [1.82, 2.24) is 24.9 Å². The first-order chi connectivity index (χ1) is 16.0. The molecule has 4 heterocycles. The number of para-hydroxylation sites is 1. The number of benzene rings is 2. The van der Waals surface area contributed by atoms with Crippen LogP contribution >= 0.6 is 0 Å². The third kappa shape index (κ3) is 3.24. The fraction of sp³-hybridized carbons (Fsp3) is 0.320. The monoisotopic (exact) mass is 444 g/mol. The van der Waals surface area contributed by atoms with E-state index in [0.717, 1.165) is 29.0 Å². The minimum atomic E-state index is -0.485. The molecule has 6 rings (SSSR count).